The van der Waals surface area contributed by atoms with Crippen LogP contribution in [0.4, 0.5) is 0 Å². The van der Waals surface area contributed by atoms with Crippen LogP contribution in [0, 0.1) is 0 Å². The maximum Gasteiger partial charge on any atom is 0.141 e. The summed E-state index contributed by atoms with van der Waals surface area (Å²) in [5, 5.41) is 27.9. The number of hydrogen-bond donors (Lipinski definition) is 2. The number of aliphatic hydroxyl groups is 2. The summed E-state index contributed by atoms with van der Waals surface area (Å²) in [5.41, 5.74) is 8.18. The van der Waals surface area contributed by atoms with Crippen molar-refractivity contribution in [1.82, 2.24) is 0 Å². The Morgan fingerprint density at radius 2 is 0.790 bits per heavy atom. The van der Waals surface area contributed by atoms with Crippen LogP contribution >= 0.6 is 0 Å². The van der Waals surface area contributed by atoms with Gasteiger partial charge in [0.2, 0.25) is 0 Å². The second-order valence-electron chi connectivity index (χ2n) is 17.1. The first kappa shape index (κ1) is 46.8. The first-order valence-electron chi connectivity index (χ1n) is 22.7. The van der Waals surface area contributed by atoms with Gasteiger partial charge in [0.1, 0.15) is 35.8 Å². The Morgan fingerprint density at radius 1 is 0.484 bits per heavy atom. The number of quaternary nitrogens is 1. The van der Waals surface area contributed by atoms with Crippen molar-refractivity contribution in [1.29, 1.82) is 0 Å². The van der Waals surface area contributed by atoms with Gasteiger partial charge in [-0.2, -0.15) is 0 Å². The second kappa shape index (κ2) is 20.6. The number of halogens is 1. The fourth-order valence-electron chi connectivity index (χ4n) is 10.2. The molecule has 0 radical (unpaired) electrons. The van der Waals surface area contributed by atoms with E-state index in [0.717, 1.165) is 147 Å². The van der Waals surface area contributed by atoms with E-state index in [-0.39, 0.29) is 17.0 Å². The van der Waals surface area contributed by atoms with Crippen LogP contribution < -0.4 is 26.5 Å². The predicted octanol–water partition coefficient (Wildman–Crippen LogP) is 9.28. The Morgan fingerprint density at radius 3 is 1.05 bits per heavy atom. The molecule has 5 nitrogen and oxygen atoms in total. The average Bonchev–Trinajstić information content (AvgIpc) is 3.46. The van der Waals surface area contributed by atoms with Crippen LogP contribution in [0.3, 0.4) is 0 Å². The molecule has 0 aliphatic carbocycles. The minimum atomic E-state index is -1.50. The van der Waals surface area contributed by atoms with Crippen LogP contribution in [0.1, 0.15) is 122 Å². The molecule has 326 valence electrons. The summed E-state index contributed by atoms with van der Waals surface area (Å²) in [4.78, 5) is 0. The number of nitrogens with zero attached hydrogens (tertiary/aromatic N) is 1. The SMILES string of the molecule is CCCC[N+]1(CCCC)Cc2c(C(O)(c3ccccc3)c3ccccc3)cc(CCC)c(OC)c2-c2c(c(C(O)(c3ccccc3)c3ccccc3)cc(CCC)c2OC)C1.[Br-]. The van der Waals surface area contributed by atoms with Crippen molar-refractivity contribution < 1.29 is 41.2 Å². The van der Waals surface area contributed by atoms with Crippen LogP contribution in [0.15, 0.2) is 133 Å². The molecular formula is C56H66BrNO4. The third-order valence-corrected chi connectivity index (χ3v) is 13.1. The zero-order valence-electron chi connectivity index (χ0n) is 37.7. The molecule has 0 fully saturated rings. The lowest BCUT2D eigenvalue weighted by Gasteiger charge is -2.41. The van der Waals surface area contributed by atoms with Crippen molar-refractivity contribution in [2.24, 2.45) is 0 Å². The highest BCUT2D eigenvalue weighted by Gasteiger charge is 2.47. The Kier molecular flexibility index (Phi) is 15.6. The van der Waals surface area contributed by atoms with Gasteiger partial charge in [-0.25, -0.2) is 0 Å². The maximum atomic E-state index is 13.9. The van der Waals surface area contributed by atoms with E-state index < -0.39 is 11.2 Å². The molecule has 0 spiro atoms. The number of fused-ring (bicyclic) bond motifs is 3. The molecule has 0 saturated heterocycles. The van der Waals surface area contributed by atoms with Gasteiger partial charge in [-0.1, -0.05) is 175 Å². The van der Waals surface area contributed by atoms with Gasteiger partial charge < -0.3 is 41.2 Å². The van der Waals surface area contributed by atoms with E-state index in [1.54, 1.807) is 14.2 Å². The molecule has 0 unspecified atom stereocenters. The van der Waals surface area contributed by atoms with E-state index in [0.29, 0.717) is 13.1 Å². The second-order valence-corrected chi connectivity index (χ2v) is 17.1. The van der Waals surface area contributed by atoms with Gasteiger partial charge in [-0.05, 0) is 71.2 Å². The molecule has 7 rings (SSSR count). The normalized spacial score (nSPS) is 13.4. The number of ether oxygens (including phenoxy) is 2. The zero-order valence-corrected chi connectivity index (χ0v) is 39.3. The molecular weight excluding hydrogens is 831 g/mol. The van der Waals surface area contributed by atoms with Crippen molar-refractivity contribution >= 4 is 0 Å². The molecule has 1 heterocycles. The Bertz CT molecular complexity index is 2120. The molecule has 6 aromatic carbocycles. The van der Waals surface area contributed by atoms with Crippen molar-refractivity contribution in [3.63, 3.8) is 0 Å². The molecule has 1 aliphatic rings. The first-order valence-corrected chi connectivity index (χ1v) is 22.7. The molecule has 6 aromatic rings. The minimum absolute atomic E-state index is 0. The number of aryl methyl sites for hydroxylation is 2. The highest BCUT2D eigenvalue weighted by atomic mass is 79.9. The van der Waals surface area contributed by atoms with Crippen LogP contribution in [0.2, 0.25) is 0 Å². The molecule has 0 amide bonds. The molecule has 0 bridgehead atoms. The topological polar surface area (TPSA) is 58.9 Å². The third-order valence-electron chi connectivity index (χ3n) is 13.1. The van der Waals surface area contributed by atoms with Gasteiger partial charge in [0, 0.05) is 33.4 Å². The largest absolute Gasteiger partial charge is 1.00 e. The first-order chi connectivity index (χ1) is 29.7. The van der Waals surface area contributed by atoms with Gasteiger partial charge in [0.15, 0.2) is 0 Å². The maximum absolute atomic E-state index is 13.9. The Balaban J connectivity index is 0.00000641. The fourth-order valence-corrected chi connectivity index (χ4v) is 10.2. The number of unbranched alkanes of at least 4 members (excludes halogenated alkanes) is 2. The van der Waals surface area contributed by atoms with E-state index >= 15 is 0 Å². The van der Waals surface area contributed by atoms with Crippen molar-refractivity contribution in [3.05, 3.63) is 189 Å². The summed E-state index contributed by atoms with van der Waals surface area (Å²) >= 11 is 0. The molecule has 1 aliphatic heterocycles. The summed E-state index contributed by atoms with van der Waals surface area (Å²) in [6, 6.07) is 45.2. The van der Waals surface area contributed by atoms with Gasteiger partial charge in [0.05, 0.1) is 27.3 Å². The Labute approximate surface area is 381 Å². The highest BCUT2D eigenvalue weighted by molar-refractivity contribution is 5.87. The molecule has 0 saturated carbocycles. The van der Waals surface area contributed by atoms with Crippen LogP contribution in [-0.2, 0) is 37.1 Å². The van der Waals surface area contributed by atoms with Crippen LogP contribution in [0.5, 0.6) is 11.5 Å². The summed E-state index contributed by atoms with van der Waals surface area (Å²) in [7, 11) is 3.59. The number of benzene rings is 6. The lowest BCUT2D eigenvalue weighted by molar-refractivity contribution is -0.953. The predicted molar refractivity (Wildman–Crippen MR) is 250 cm³/mol. The smallest absolute Gasteiger partial charge is 0.141 e. The van der Waals surface area contributed by atoms with E-state index in [1.807, 2.05) is 72.8 Å². The average molecular weight is 897 g/mol. The number of methoxy groups -OCH3 is 2. The van der Waals surface area contributed by atoms with Crippen molar-refractivity contribution in [2.45, 2.75) is 103 Å². The minimum Gasteiger partial charge on any atom is -1.00 e. The number of rotatable bonds is 18. The third kappa shape index (κ3) is 8.64. The summed E-state index contributed by atoms with van der Waals surface area (Å²) in [5.74, 6) is 1.63. The number of hydrogen-bond acceptors (Lipinski definition) is 4. The van der Waals surface area contributed by atoms with E-state index in [9.17, 15) is 10.2 Å². The lowest BCUT2D eigenvalue weighted by atomic mass is 9.73. The van der Waals surface area contributed by atoms with E-state index in [4.69, 9.17) is 9.47 Å². The van der Waals surface area contributed by atoms with Gasteiger partial charge in [-0.3, -0.25) is 0 Å². The van der Waals surface area contributed by atoms with Crippen LogP contribution in [0.25, 0.3) is 11.1 Å². The zero-order chi connectivity index (χ0) is 43.0. The van der Waals surface area contributed by atoms with Crippen LogP contribution in [-0.4, -0.2) is 42.0 Å². The molecule has 6 heteroatoms. The molecule has 0 aromatic heterocycles. The van der Waals surface area contributed by atoms with Gasteiger partial charge in [0.25, 0.3) is 0 Å². The highest BCUT2D eigenvalue weighted by Crippen LogP contribution is 2.56. The van der Waals surface area contributed by atoms with Crippen molar-refractivity contribution in [3.8, 4) is 22.6 Å². The summed E-state index contributed by atoms with van der Waals surface area (Å²) in [6.07, 6.45) is 7.49. The van der Waals surface area contributed by atoms with Gasteiger partial charge in [-0.15, -0.1) is 0 Å². The Hall–Kier alpha value is -4.72. The molecule has 2 N–H and O–H groups in total. The monoisotopic (exact) mass is 895 g/mol. The standard InChI is InChI=1S/C56H66NO4.BrH/c1-7-11-35-57(36-12-8-2)39-47-49(55(58,43-27-17-13-18-28-43)44-29-19-14-20-30-44)37-41(25-9-3)53(60-5)51(47)52-48(40-57)50(38-42(26-10-4)54(52)61-6)56(59,45-31-21-15-22-32-45)46-33-23-16-24-34-46;/h13-24,27-34,37-38,58-59H,7-12,25-26,35-36,39-40H2,1-6H3;1H/q+1;/p-1. The fraction of sp³-hybridized carbons (Fsp3) is 0.357. The quantitative estimate of drug-likeness (QED) is 0.0668. The van der Waals surface area contributed by atoms with E-state index in [2.05, 4.69) is 88.4 Å². The molecule has 62 heavy (non-hydrogen) atoms. The van der Waals surface area contributed by atoms with E-state index in [1.165, 1.54) is 0 Å². The van der Waals surface area contributed by atoms with Crippen molar-refractivity contribution in [2.75, 3.05) is 27.3 Å². The molecule has 0 atom stereocenters. The van der Waals surface area contributed by atoms with Gasteiger partial charge >= 0.3 is 0 Å². The summed E-state index contributed by atoms with van der Waals surface area (Å²) < 4.78 is 14.2. The lowest BCUT2D eigenvalue weighted by Crippen LogP contribution is -3.00. The summed E-state index contributed by atoms with van der Waals surface area (Å²) in [6.45, 7) is 12.2.